The van der Waals surface area contributed by atoms with Gasteiger partial charge in [-0.3, -0.25) is 0 Å². The van der Waals surface area contributed by atoms with E-state index < -0.39 is 0 Å². The van der Waals surface area contributed by atoms with Crippen LogP contribution in [-0.4, -0.2) is 11.4 Å². The van der Waals surface area contributed by atoms with Crippen molar-refractivity contribution in [3.8, 4) is 0 Å². The lowest BCUT2D eigenvalue weighted by Crippen LogP contribution is -1.96. The molecule has 1 N–H and O–H groups in total. The SMILES string of the molecule is C[C@H]1CC1OOOO. The Hall–Kier alpha value is -0.160. The minimum absolute atomic E-state index is 0.113. The molecular formula is C4H8O4. The summed E-state index contributed by atoms with van der Waals surface area (Å²) in [7, 11) is 0. The van der Waals surface area contributed by atoms with Crippen LogP contribution in [-0.2, 0) is 15.0 Å². The summed E-state index contributed by atoms with van der Waals surface area (Å²) in [6, 6.07) is 0. The number of hydrogen-bond donors (Lipinski definition) is 1. The van der Waals surface area contributed by atoms with Gasteiger partial charge in [-0.25, -0.2) is 10.1 Å². The van der Waals surface area contributed by atoms with Crippen LogP contribution in [0.3, 0.4) is 0 Å². The molecular weight excluding hydrogens is 112 g/mol. The second-order valence-electron chi connectivity index (χ2n) is 1.99. The molecule has 4 nitrogen and oxygen atoms in total. The van der Waals surface area contributed by atoms with Crippen LogP contribution in [0, 0.1) is 5.92 Å². The quantitative estimate of drug-likeness (QED) is 0.441. The fourth-order valence-corrected chi connectivity index (χ4v) is 0.490. The molecule has 0 bridgehead atoms. The van der Waals surface area contributed by atoms with E-state index in [1.165, 1.54) is 0 Å². The molecule has 1 unspecified atom stereocenters. The summed E-state index contributed by atoms with van der Waals surface area (Å²) < 4.78 is 0. The monoisotopic (exact) mass is 120 g/mol. The summed E-state index contributed by atoms with van der Waals surface area (Å²) in [6.07, 6.45) is 1.09. The molecule has 0 aliphatic heterocycles. The van der Waals surface area contributed by atoms with E-state index in [1.807, 2.05) is 6.92 Å². The average Bonchev–Trinajstić information content (AvgIpc) is 2.42. The maximum absolute atomic E-state index is 7.58. The first kappa shape index (κ1) is 5.97. The van der Waals surface area contributed by atoms with Crippen LogP contribution in [0.5, 0.6) is 0 Å². The van der Waals surface area contributed by atoms with Crippen molar-refractivity contribution < 1.29 is 20.2 Å². The highest BCUT2D eigenvalue weighted by molar-refractivity contribution is 4.81. The van der Waals surface area contributed by atoms with E-state index >= 15 is 0 Å². The summed E-state index contributed by atoms with van der Waals surface area (Å²) in [6.45, 7) is 2.02. The molecule has 4 heteroatoms. The third-order valence-electron chi connectivity index (χ3n) is 1.23. The Kier molecular flexibility index (Phi) is 1.80. The van der Waals surface area contributed by atoms with Crippen molar-refractivity contribution in [3.63, 3.8) is 0 Å². The lowest BCUT2D eigenvalue weighted by molar-refractivity contribution is -0.626. The molecule has 0 radical (unpaired) electrons. The largest absolute Gasteiger partial charge is 0.219 e. The Morgan fingerprint density at radius 3 is 2.62 bits per heavy atom. The summed E-state index contributed by atoms with van der Waals surface area (Å²) in [5, 5.41) is 14.6. The first-order valence-electron chi connectivity index (χ1n) is 2.48. The molecule has 0 spiro atoms. The first-order chi connectivity index (χ1) is 3.84. The van der Waals surface area contributed by atoms with Gasteiger partial charge in [0.2, 0.25) is 0 Å². The van der Waals surface area contributed by atoms with Crippen molar-refractivity contribution in [3.05, 3.63) is 0 Å². The molecule has 0 saturated heterocycles. The topological polar surface area (TPSA) is 47.9 Å². The van der Waals surface area contributed by atoms with Gasteiger partial charge in [0.1, 0.15) is 0 Å². The van der Waals surface area contributed by atoms with Crippen LogP contribution in [0.4, 0.5) is 0 Å². The minimum atomic E-state index is 0.113. The summed E-state index contributed by atoms with van der Waals surface area (Å²) >= 11 is 0. The van der Waals surface area contributed by atoms with Crippen LogP contribution in [0.1, 0.15) is 13.3 Å². The smallest absolute Gasteiger partial charge is 0.0992 e. The second-order valence-corrected chi connectivity index (χ2v) is 1.99. The Morgan fingerprint density at radius 2 is 2.25 bits per heavy atom. The van der Waals surface area contributed by atoms with Crippen molar-refractivity contribution in [2.24, 2.45) is 5.92 Å². The van der Waals surface area contributed by atoms with Gasteiger partial charge >= 0.3 is 0 Å². The molecule has 0 aromatic carbocycles. The molecule has 48 valence electrons. The molecule has 1 rings (SSSR count). The normalized spacial score (nSPS) is 35.2. The van der Waals surface area contributed by atoms with Crippen molar-refractivity contribution in [2.75, 3.05) is 0 Å². The van der Waals surface area contributed by atoms with Gasteiger partial charge in [-0.2, -0.15) is 0 Å². The lowest BCUT2D eigenvalue weighted by atomic mass is 10.5. The Labute approximate surface area is 46.8 Å². The Bertz CT molecular complexity index is 74.4. The van der Waals surface area contributed by atoms with E-state index in [4.69, 9.17) is 5.26 Å². The highest BCUT2D eigenvalue weighted by atomic mass is 17.6. The molecule has 0 aromatic rings. The van der Waals surface area contributed by atoms with E-state index in [0.29, 0.717) is 5.92 Å². The van der Waals surface area contributed by atoms with Crippen molar-refractivity contribution in [2.45, 2.75) is 19.4 Å². The van der Waals surface area contributed by atoms with Gasteiger partial charge in [0.15, 0.2) is 0 Å². The zero-order valence-corrected chi connectivity index (χ0v) is 4.53. The molecule has 1 aliphatic rings. The Morgan fingerprint density at radius 1 is 1.62 bits per heavy atom. The molecule has 1 saturated carbocycles. The zero-order chi connectivity index (χ0) is 5.98. The van der Waals surface area contributed by atoms with Crippen LogP contribution >= 0.6 is 0 Å². The van der Waals surface area contributed by atoms with E-state index in [-0.39, 0.29) is 6.10 Å². The van der Waals surface area contributed by atoms with E-state index in [0.717, 1.165) is 6.42 Å². The van der Waals surface area contributed by atoms with Crippen LogP contribution < -0.4 is 0 Å². The fraction of sp³-hybridized carbons (Fsp3) is 1.00. The van der Waals surface area contributed by atoms with Gasteiger partial charge in [-0.1, -0.05) is 6.92 Å². The van der Waals surface area contributed by atoms with Gasteiger partial charge in [0, 0.05) is 0 Å². The van der Waals surface area contributed by atoms with Crippen LogP contribution in [0.25, 0.3) is 0 Å². The summed E-state index contributed by atoms with van der Waals surface area (Å²) in [5.41, 5.74) is 0. The van der Waals surface area contributed by atoms with Gasteiger partial charge in [0.25, 0.3) is 0 Å². The highest BCUT2D eigenvalue weighted by Crippen LogP contribution is 2.32. The van der Waals surface area contributed by atoms with E-state index in [2.05, 4.69) is 15.0 Å². The molecule has 0 heterocycles. The molecule has 1 fully saturated rings. The van der Waals surface area contributed by atoms with Gasteiger partial charge in [-0.05, 0) is 22.4 Å². The van der Waals surface area contributed by atoms with E-state index in [1.54, 1.807) is 0 Å². The summed E-state index contributed by atoms with van der Waals surface area (Å²) in [4.78, 5) is 4.44. The maximum Gasteiger partial charge on any atom is 0.0992 e. The van der Waals surface area contributed by atoms with E-state index in [9.17, 15) is 0 Å². The zero-order valence-electron chi connectivity index (χ0n) is 4.53. The van der Waals surface area contributed by atoms with Crippen molar-refractivity contribution in [1.29, 1.82) is 0 Å². The molecule has 2 atom stereocenters. The summed E-state index contributed by atoms with van der Waals surface area (Å²) in [5.74, 6) is 0.533. The lowest BCUT2D eigenvalue weighted by Gasteiger charge is -1.92. The third kappa shape index (κ3) is 1.41. The minimum Gasteiger partial charge on any atom is -0.219 e. The van der Waals surface area contributed by atoms with Gasteiger partial charge in [0.05, 0.1) is 6.10 Å². The van der Waals surface area contributed by atoms with Gasteiger partial charge < -0.3 is 0 Å². The van der Waals surface area contributed by atoms with Gasteiger partial charge in [-0.15, -0.1) is 0 Å². The Balaban J connectivity index is 1.89. The third-order valence-corrected chi connectivity index (χ3v) is 1.23. The predicted molar refractivity (Wildman–Crippen MR) is 23.5 cm³/mol. The average molecular weight is 120 g/mol. The second kappa shape index (κ2) is 2.41. The van der Waals surface area contributed by atoms with Crippen LogP contribution in [0.15, 0.2) is 0 Å². The van der Waals surface area contributed by atoms with Crippen molar-refractivity contribution in [1.82, 2.24) is 0 Å². The highest BCUT2D eigenvalue weighted by Gasteiger charge is 2.35. The maximum atomic E-state index is 7.58. The fourth-order valence-electron chi connectivity index (χ4n) is 0.490. The predicted octanol–water partition coefficient (Wildman–Crippen LogP) is 0.748. The molecule has 0 amide bonds. The molecule has 1 aliphatic carbocycles. The number of hydrogen-bond acceptors (Lipinski definition) is 4. The molecule has 0 aromatic heterocycles. The van der Waals surface area contributed by atoms with Crippen molar-refractivity contribution >= 4 is 0 Å². The first-order valence-corrected chi connectivity index (χ1v) is 2.48. The molecule has 8 heavy (non-hydrogen) atoms. The standard InChI is InChI=1S/C4H8O4/c1-3-2-4(3)6-8-7-5/h3-5H,2H2,1H3/t3-,4?/m0/s1. The number of rotatable bonds is 3. The van der Waals surface area contributed by atoms with Crippen LogP contribution in [0.2, 0.25) is 0 Å².